The summed E-state index contributed by atoms with van der Waals surface area (Å²) in [5, 5.41) is 13.7. The number of hydrogen-bond acceptors (Lipinski definition) is 5. The maximum absolute atomic E-state index is 12.1. The van der Waals surface area contributed by atoms with Crippen molar-refractivity contribution >= 4 is 22.8 Å². The topological polar surface area (TPSA) is 77.9 Å². The molecule has 2 aromatic heterocycles. The van der Waals surface area contributed by atoms with Crippen LogP contribution in [-0.4, -0.2) is 28.9 Å². The quantitative estimate of drug-likeness (QED) is 0.623. The van der Waals surface area contributed by atoms with E-state index in [-0.39, 0.29) is 35.9 Å². The van der Waals surface area contributed by atoms with Crippen molar-refractivity contribution < 1.29 is 37.5 Å². The molecule has 2 aromatic rings. The van der Waals surface area contributed by atoms with Crippen molar-refractivity contribution in [1.82, 2.24) is 9.97 Å². The van der Waals surface area contributed by atoms with E-state index in [1.165, 1.54) is 12.3 Å². The van der Waals surface area contributed by atoms with Gasteiger partial charge in [0.15, 0.2) is 5.65 Å². The fraction of sp³-hybridized carbons (Fsp3) is 0.182. The Kier molecular flexibility index (Phi) is 5.21. The summed E-state index contributed by atoms with van der Waals surface area (Å²) in [6, 6.07) is 4.53. The van der Waals surface area contributed by atoms with E-state index in [2.05, 4.69) is 15.3 Å². The maximum Gasteiger partial charge on any atom is 1.00 e. The minimum absolute atomic E-state index is 0. The van der Waals surface area contributed by atoms with Crippen LogP contribution in [0.4, 0.5) is 14.6 Å². The molecule has 0 unspecified atom stereocenters. The number of carbonyl (C=O) groups is 1. The number of pyridine rings is 2. The van der Waals surface area contributed by atoms with Crippen LogP contribution < -0.4 is 29.3 Å². The predicted octanol–water partition coefficient (Wildman–Crippen LogP) is -2.33. The molecule has 0 aliphatic carbocycles. The number of halogens is 2. The average molecular weight is 259 g/mol. The molecular weight excluding hydrogens is 251 g/mol. The molecule has 0 amide bonds. The summed E-state index contributed by atoms with van der Waals surface area (Å²) in [5.41, 5.74) is 0.00964. The largest absolute Gasteiger partial charge is 1.00 e. The number of hydrogen-bond donors (Lipinski definition) is 1. The third kappa shape index (κ3) is 3.62. The van der Waals surface area contributed by atoms with Crippen molar-refractivity contribution in [2.45, 2.75) is 6.43 Å². The molecule has 1 N–H and O–H groups in total. The van der Waals surface area contributed by atoms with Gasteiger partial charge in [0.2, 0.25) is 0 Å². The van der Waals surface area contributed by atoms with E-state index in [0.29, 0.717) is 5.39 Å². The summed E-state index contributed by atoms with van der Waals surface area (Å²) in [6.45, 7) is -0.689. The van der Waals surface area contributed by atoms with Gasteiger partial charge in [0.1, 0.15) is 5.82 Å². The number of carboxylic acids is 1. The van der Waals surface area contributed by atoms with Crippen LogP contribution in [0.2, 0.25) is 0 Å². The van der Waals surface area contributed by atoms with Crippen LogP contribution >= 0.6 is 0 Å². The Balaban J connectivity index is 0.00000180. The average Bonchev–Trinajstić information content (AvgIpc) is 2.35. The molecule has 2 rings (SSSR count). The SMILES string of the molecule is O=C([O-])c1cc2cccnc2nc1NCC(F)F.[Li+]. The number of nitrogens with one attached hydrogen (secondary N) is 1. The predicted molar refractivity (Wildman–Crippen MR) is 58.4 cm³/mol. The van der Waals surface area contributed by atoms with Crippen molar-refractivity contribution in [2.75, 3.05) is 11.9 Å². The Labute approximate surface area is 119 Å². The molecule has 0 radical (unpaired) electrons. The van der Waals surface area contributed by atoms with Crippen LogP contribution in [0.1, 0.15) is 10.4 Å². The number of aromatic carboxylic acids is 1. The van der Waals surface area contributed by atoms with E-state index < -0.39 is 18.9 Å². The monoisotopic (exact) mass is 259 g/mol. The van der Waals surface area contributed by atoms with Gasteiger partial charge in [0.25, 0.3) is 6.43 Å². The van der Waals surface area contributed by atoms with Crippen LogP contribution in [0.15, 0.2) is 24.4 Å². The number of fused-ring (bicyclic) bond motifs is 1. The molecule has 0 aliphatic heterocycles. The van der Waals surface area contributed by atoms with E-state index in [4.69, 9.17) is 0 Å². The third-order valence-electron chi connectivity index (χ3n) is 2.23. The molecule has 5 nitrogen and oxygen atoms in total. The summed E-state index contributed by atoms with van der Waals surface area (Å²) in [5.74, 6) is -1.65. The summed E-state index contributed by atoms with van der Waals surface area (Å²) in [4.78, 5) is 18.7. The van der Waals surface area contributed by atoms with Gasteiger partial charge in [-0.05, 0) is 18.2 Å². The minimum atomic E-state index is -2.61. The first-order valence-electron chi connectivity index (χ1n) is 5.07. The summed E-state index contributed by atoms with van der Waals surface area (Å²) >= 11 is 0. The molecular formula is C11H8F2LiN3O2. The van der Waals surface area contributed by atoms with Gasteiger partial charge >= 0.3 is 18.9 Å². The zero-order chi connectivity index (χ0) is 13.1. The molecule has 0 saturated carbocycles. The Morgan fingerprint density at radius 1 is 1.47 bits per heavy atom. The Morgan fingerprint density at radius 3 is 2.84 bits per heavy atom. The number of rotatable bonds is 4. The molecule has 0 saturated heterocycles. The van der Waals surface area contributed by atoms with Gasteiger partial charge in [-0.2, -0.15) is 0 Å². The Hall–Kier alpha value is -1.71. The van der Waals surface area contributed by atoms with Gasteiger partial charge in [-0.25, -0.2) is 18.7 Å². The van der Waals surface area contributed by atoms with Crippen molar-refractivity contribution in [3.8, 4) is 0 Å². The smallest absolute Gasteiger partial charge is 0.545 e. The third-order valence-corrected chi connectivity index (χ3v) is 2.23. The second-order valence-corrected chi connectivity index (χ2v) is 3.49. The molecule has 0 aromatic carbocycles. The molecule has 0 atom stereocenters. The summed E-state index contributed by atoms with van der Waals surface area (Å²) in [6.07, 6.45) is -1.13. The Bertz CT molecular complexity index is 595. The normalized spacial score (nSPS) is 10.3. The molecule has 8 heteroatoms. The van der Waals surface area contributed by atoms with E-state index >= 15 is 0 Å². The van der Waals surface area contributed by atoms with E-state index in [0.717, 1.165) is 0 Å². The van der Waals surface area contributed by atoms with E-state index in [9.17, 15) is 18.7 Å². The van der Waals surface area contributed by atoms with Crippen molar-refractivity contribution in [2.24, 2.45) is 0 Å². The van der Waals surface area contributed by atoms with Gasteiger partial charge in [0, 0.05) is 17.1 Å². The van der Waals surface area contributed by atoms with Crippen LogP contribution in [0.3, 0.4) is 0 Å². The standard InChI is InChI=1S/C11H9F2N3O2.Li/c12-8(13)5-15-10-7(11(17)18)4-6-2-1-3-14-9(6)16-10;/h1-4,8H,5H2,(H,17,18)(H,14,15,16);/q;+1/p-1. The number of alkyl halides is 2. The summed E-state index contributed by atoms with van der Waals surface area (Å²) < 4.78 is 24.2. The molecule has 0 aliphatic rings. The van der Waals surface area contributed by atoms with Gasteiger partial charge in [0.05, 0.1) is 12.5 Å². The van der Waals surface area contributed by atoms with Crippen LogP contribution in [0.25, 0.3) is 11.0 Å². The number of aromatic nitrogens is 2. The van der Waals surface area contributed by atoms with Crippen LogP contribution in [0, 0.1) is 0 Å². The molecule has 94 valence electrons. The number of nitrogens with zero attached hydrogens (tertiary/aromatic N) is 2. The molecule has 0 bridgehead atoms. The van der Waals surface area contributed by atoms with Crippen molar-refractivity contribution in [3.05, 3.63) is 30.0 Å². The molecule has 0 spiro atoms. The van der Waals surface area contributed by atoms with Crippen LogP contribution in [0.5, 0.6) is 0 Å². The van der Waals surface area contributed by atoms with Gasteiger partial charge in [-0.1, -0.05) is 0 Å². The van der Waals surface area contributed by atoms with Crippen molar-refractivity contribution in [1.29, 1.82) is 0 Å². The first kappa shape index (κ1) is 15.3. The maximum atomic E-state index is 12.1. The number of anilines is 1. The molecule has 2 heterocycles. The first-order valence-corrected chi connectivity index (χ1v) is 5.07. The van der Waals surface area contributed by atoms with Crippen molar-refractivity contribution in [3.63, 3.8) is 0 Å². The first-order chi connectivity index (χ1) is 8.58. The fourth-order valence-electron chi connectivity index (χ4n) is 1.47. The zero-order valence-corrected chi connectivity index (χ0v) is 10.1. The molecule has 0 fully saturated rings. The summed E-state index contributed by atoms with van der Waals surface area (Å²) in [7, 11) is 0. The van der Waals surface area contributed by atoms with Crippen LogP contribution in [-0.2, 0) is 0 Å². The van der Waals surface area contributed by atoms with Gasteiger partial charge < -0.3 is 15.2 Å². The second kappa shape index (κ2) is 6.45. The second-order valence-electron chi connectivity index (χ2n) is 3.49. The molecule has 19 heavy (non-hydrogen) atoms. The minimum Gasteiger partial charge on any atom is -0.545 e. The van der Waals surface area contributed by atoms with E-state index in [1.54, 1.807) is 12.1 Å². The fourth-order valence-corrected chi connectivity index (χ4v) is 1.47. The number of carboxylic acid groups (broad SMARTS) is 1. The zero-order valence-electron chi connectivity index (χ0n) is 10.1. The number of carbonyl (C=O) groups excluding carboxylic acids is 1. The van der Waals surface area contributed by atoms with Gasteiger partial charge in [-0.15, -0.1) is 0 Å². The van der Waals surface area contributed by atoms with E-state index in [1.807, 2.05) is 0 Å². The Morgan fingerprint density at radius 2 is 2.21 bits per heavy atom. The van der Waals surface area contributed by atoms with Gasteiger partial charge in [-0.3, -0.25) is 0 Å².